The second-order valence-corrected chi connectivity index (χ2v) is 6.99. The first-order chi connectivity index (χ1) is 14.3. The van der Waals surface area contributed by atoms with Crippen molar-refractivity contribution in [2.75, 3.05) is 19.8 Å². The highest BCUT2D eigenvalue weighted by Crippen LogP contribution is 2.38. The van der Waals surface area contributed by atoms with Crippen molar-refractivity contribution in [3.63, 3.8) is 0 Å². The molecule has 158 valence electrons. The SMILES string of the molecule is CCOc1cc2c(cc1OCC)C(c1cccc(Oc3ccccc3)c1)NCC2.Cl. The highest BCUT2D eigenvalue weighted by molar-refractivity contribution is 5.85. The van der Waals surface area contributed by atoms with Crippen LogP contribution in [-0.4, -0.2) is 19.8 Å². The van der Waals surface area contributed by atoms with E-state index < -0.39 is 0 Å². The molecule has 0 saturated carbocycles. The fourth-order valence-corrected chi connectivity index (χ4v) is 3.78. The molecule has 30 heavy (non-hydrogen) atoms. The van der Waals surface area contributed by atoms with Crippen molar-refractivity contribution >= 4 is 12.4 Å². The molecule has 3 aromatic rings. The summed E-state index contributed by atoms with van der Waals surface area (Å²) < 4.78 is 17.7. The summed E-state index contributed by atoms with van der Waals surface area (Å²) in [6, 6.07) is 22.5. The number of ether oxygens (including phenoxy) is 3. The third kappa shape index (κ3) is 4.89. The van der Waals surface area contributed by atoms with Crippen molar-refractivity contribution in [2.45, 2.75) is 26.3 Å². The summed E-state index contributed by atoms with van der Waals surface area (Å²) in [4.78, 5) is 0. The van der Waals surface area contributed by atoms with Crippen LogP contribution in [-0.2, 0) is 6.42 Å². The molecule has 1 aliphatic rings. The largest absolute Gasteiger partial charge is 0.490 e. The van der Waals surface area contributed by atoms with Crippen LogP contribution < -0.4 is 19.5 Å². The van der Waals surface area contributed by atoms with Gasteiger partial charge in [0.25, 0.3) is 0 Å². The van der Waals surface area contributed by atoms with Crippen LogP contribution in [0.4, 0.5) is 0 Å². The molecule has 1 atom stereocenters. The van der Waals surface area contributed by atoms with Gasteiger partial charge in [0.15, 0.2) is 11.5 Å². The minimum Gasteiger partial charge on any atom is -0.490 e. The first-order valence-electron chi connectivity index (χ1n) is 10.3. The van der Waals surface area contributed by atoms with Crippen molar-refractivity contribution in [1.29, 1.82) is 0 Å². The lowest BCUT2D eigenvalue weighted by Gasteiger charge is -2.29. The van der Waals surface area contributed by atoms with Crippen molar-refractivity contribution in [3.8, 4) is 23.0 Å². The van der Waals surface area contributed by atoms with E-state index >= 15 is 0 Å². The first kappa shape index (κ1) is 22.0. The van der Waals surface area contributed by atoms with Gasteiger partial charge in [-0.3, -0.25) is 0 Å². The summed E-state index contributed by atoms with van der Waals surface area (Å²) in [6.45, 7) is 6.14. The van der Waals surface area contributed by atoms with Gasteiger partial charge in [-0.15, -0.1) is 12.4 Å². The Hall–Kier alpha value is -2.69. The van der Waals surface area contributed by atoms with Crippen LogP contribution in [0.1, 0.15) is 36.6 Å². The van der Waals surface area contributed by atoms with E-state index in [0.717, 1.165) is 36.0 Å². The number of para-hydroxylation sites is 1. The van der Waals surface area contributed by atoms with Crippen LogP contribution >= 0.6 is 12.4 Å². The molecule has 0 saturated heterocycles. The Bertz CT molecular complexity index is 962. The van der Waals surface area contributed by atoms with E-state index in [1.54, 1.807) is 0 Å². The third-order valence-electron chi connectivity index (χ3n) is 5.03. The molecule has 0 aromatic heterocycles. The number of hydrogen-bond acceptors (Lipinski definition) is 4. The predicted molar refractivity (Wildman–Crippen MR) is 123 cm³/mol. The first-order valence-corrected chi connectivity index (χ1v) is 10.3. The summed E-state index contributed by atoms with van der Waals surface area (Å²) in [6.07, 6.45) is 0.971. The molecule has 3 aromatic carbocycles. The Labute approximate surface area is 184 Å². The van der Waals surface area contributed by atoms with Crippen LogP contribution in [0, 0.1) is 0 Å². The van der Waals surface area contributed by atoms with E-state index in [1.165, 1.54) is 16.7 Å². The summed E-state index contributed by atoms with van der Waals surface area (Å²) in [5, 5.41) is 3.65. The zero-order valence-corrected chi connectivity index (χ0v) is 18.2. The fourth-order valence-electron chi connectivity index (χ4n) is 3.78. The molecule has 1 aliphatic heterocycles. The van der Waals surface area contributed by atoms with Crippen molar-refractivity contribution in [2.24, 2.45) is 0 Å². The summed E-state index contributed by atoms with van der Waals surface area (Å²) >= 11 is 0. The van der Waals surface area contributed by atoms with E-state index in [2.05, 4.69) is 29.6 Å². The van der Waals surface area contributed by atoms with Crippen molar-refractivity contribution in [1.82, 2.24) is 5.32 Å². The predicted octanol–water partition coefficient (Wildman–Crippen LogP) is 5.93. The maximum atomic E-state index is 6.04. The van der Waals surface area contributed by atoms with Gasteiger partial charge in [-0.05, 0) is 73.4 Å². The average Bonchev–Trinajstić information content (AvgIpc) is 2.75. The molecule has 0 bridgehead atoms. The molecular weight excluding hydrogens is 398 g/mol. The summed E-state index contributed by atoms with van der Waals surface area (Å²) in [7, 11) is 0. The van der Waals surface area contributed by atoms with Crippen LogP contribution in [0.3, 0.4) is 0 Å². The monoisotopic (exact) mass is 425 g/mol. The minimum absolute atomic E-state index is 0. The number of rotatable bonds is 7. The molecule has 1 heterocycles. The van der Waals surface area contributed by atoms with Gasteiger partial charge in [0.05, 0.1) is 19.3 Å². The highest BCUT2D eigenvalue weighted by atomic mass is 35.5. The molecule has 1 unspecified atom stereocenters. The van der Waals surface area contributed by atoms with E-state index in [9.17, 15) is 0 Å². The van der Waals surface area contributed by atoms with Gasteiger partial charge in [0, 0.05) is 6.54 Å². The number of fused-ring (bicyclic) bond motifs is 1. The van der Waals surface area contributed by atoms with E-state index in [-0.39, 0.29) is 18.4 Å². The lowest BCUT2D eigenvalue weighted by atomic mass is 9.89. The van der Waals surface area contributed by atoms with Crippen molar-refractivity contribution in [3.05, 3.63) is 83.4 Å². The number of benzene rings is 3. The Morgan fingerprint density at radius 3 is 2.27 bits per heavy atom. The highest BCUT2D eigenvalue weighted by Gasteiger charge is 2.24. The summed E-state index contributed by atoms with van der Waals surface area (Å²) in [5.41, 5.74) is 3.71. The molecule has 5 heteroatoms. The molecule has 4 nitrogen and oxygen atoms in total. The molecule has 0 spiro atoms. The molecule has 4 rings (SSSR count). The Morgan fingerprint density at radius 2 is 1.53 bits per heavy atom. The Kier molecular flexibility index (Phi) is 7.61. The number of hydrogen-bond donors (Lipinski definition) is 1. The molecule has 0 radical (unpaired) electrons. The maximum Gasteiger partial charge on any atom is 0.161 e. The fraction of sp³-hybridized carbons (Fsp3) is 0.280. The van der Waals surface area contributed by atoms with Crippen LogP contribution in [0.15, 0.2) is 66.7 Å². The van der Waals surface area contributed by atoms with Crippen LogP contribution in [0.2, 0.25) is 0 Å². The van der Waals surface area contributed by atoms with Gasteiger partial charge in [0.1, 0.15) is 11.5 Å². The zero-order valence-electron chi connectivity index (χ0n) is 17.4. The third-order valence-corrected chi connectivity index (χ3v) is 5.03. The zero-order chi connectivity index (χ0) is 20.1. The summed E-state index contributed by atoms with van der Waals surface area (Å²) in [5.74, 6) is 3.30. The Balaban J connectivity index is 0.00000256. The van der Waals surface area contributed by atoms with Crippen molar-refractivity contribution < 1.29 is 14.2 Å². The lowest BCUT2D eigenvalue weighted by Crippen LogP contribution is -2.30. The number of nitrogens with one attached hydrogen (secondary N) is 1. The second kappa shape index (κ2) is 10.4. The average molecular weight is 426 g/mol. The molecule has 1 N–H and O–H groups in total. The Morgan fingerprint density at radius 1 is 0.833 bits per heavy atom. The second-order valence-electron chi connectivity index (χ2n) is 6.99. The molecular formula is C25H28ClNO3. The van der Waals surface area contributed by atoms with Gasteiger partial charge >= 0.3 is 0 Å². The van der Waals surface area contributed by atoms with E-state index in [1.807, 2.05) is 56.3 Å². The van der Waals surface area contributed by atoms with Gasteiger partial charge in [-0.1, -0.05) is 30.3 Å². The van der Waals surface area contributed by atoms with E-state index in [0.29, 0.717) is 13.2 Å². The molecule has 0 aliphatic carbocycles. The molecule has 0 amide bonds. The molecule has 0 fully saturated rings. The topological polar surface area (TPSA) is 39.7 Å². The van der Waals surface area contributed by atoms with E-state index in [4.69, 9.17) is 14.2 Å². The standard InChI is InChI=1S/C25H27NO3.ClH/c1-3-27-23-16-18-13-14-26-25(22(18)17-24(23)28-4-2)19-9-8-12-21(15-19)29-20-10-6-5-7-11-20;/h5-12,15-17,25-26H,3-4,13-14H2,1-2H3;1H. The van der Waals surface area contributed by atoms with Gasteiger partial charge < -0.3 is 19.5 Å². The smallest absolute Gasteiger partial charge is 0.161 e. The lowest BCUT2D eigenvalue weighted by molar-refractivity contribution is 0.286. The quantitative estimate of drug-likeness (QED) is 0.509. The number of halogens is 1. The van der Waals surface area contributed by atoms with Crippen LogP contribution in [0.25, 0.3) is 0 Å². The van der Waals surface area contributed by atoms with Crippen LogP contribution in [0.5, 0.6) is 23.0 Å². The van der Waals surface area contributed by atoms with Gasteiger partial charge in [0.2, 0.25) is 0 Å². The minimum atomic E-state index is 0. The van der Waals surface area contributed by atoms with Gasteiger partial charge in [-0.2, -0.15) is 0 Å². The normalized spacial score (nSPS) is 14.9. The maximum absolute atomic E-state index is 6.04. The van der Waals surface area contributed by atoms with Gasteiger partial charge in [-0.25, -0.2) is 0 Å².